The maximum absolute atomic E-state index is 13.2. The second-order valence-corrected chi connectivity index (χ2v) is 3.64. The van der Waals surface area contributed by atoms with Gasteiger partial charge in [-0.05, 0) is 24.6 Å². The Bertz CT molecular complexity index is 442. The number of hydrogen-bond acceptors (Lipinski definition) is 2. The molecule has 5 heteroatoms. The van der Waals surface area contributed by atoms with Crippen molar-refractivity contribution >= 4 is 23.2 Å². The minimum atomic E-state index is -0.779. The van der Waals surface area contributed by atoms with Crippen LogP contribution in [-0.2, 0) is 4.79 Å². The third kappa shape index (κ3) is 2.94. The number of anilines is 1. The highest BCUT2D eigenvalue weighted by Crippen LogP contribution is 2.20. The first-order valence-electron chi connectivity index (χ1n) is 4.74. The van der Waals surface area contributed by atoms with Crippen molar-refractivity contribution in [2.45, 2.75) is 13.3 Å². The van der Waals surface area contributed by atoms with Gasteiger partial charge in [0, 0.05) is 5.02 Å². The highest BCUT2D eigenvalue weighted by Gasteiger charge is 2.16. The van der Waals surface area contributed by atoms with Crippen molar-refractivity contribution in [3.63, 3.8) is 0 Å². The number of benzene rings is 1. The molecule has 0 aromatic heterocycles. The number of carbonyl (C=O) groups excluding carboxylic acids is 1. The monoisotopic (exact) mass is 240 g/mol. The highest BCUT2D eigenvalue weighted by atomic mass is 35.5. The van der Waals surface area contributed by atoms with Crippen LogP contribution in [0.1, 0.15) is 13.3 Å². The molecule has 0 fully saturated rings. The lowest BCUT2D eigenvalue weighted by Gasteiger charge is -2.09. The van der Waals surface area contributed by atoms with E-state index in [9.17, 15) is 9.18 Å². The topological polar surface area (TPSA) is 52.9 Å². The van der Waals surface area contributed by atoms with Crippen molar-refractivity contribution < 1.29 is 9.18 Å². The molecule has 1 N–H and O–H groups in total. The minimum absolute atomic E-state index is 0.00815. The normalized spacial score (nSPS) is 11.6. The van der Waals surface area contributed by atoms with Gasteiger partial charge in [0.05, 0.1) is 11.8 Å². The van der Waals surface area contributed by atoms with Crippen LogP contribution < -0.4 is 5.32 Å². The van der Waals surface area contributed by atoms with Crippen LogP contribution in [0, 0.1) is 23.1 Å². The fourth-order valence-corrected chi connectivity index (χ4v) is 1.32. The number of amides is 1. The van der Waals surface area contributed by atoms with E-state index in [1.807, 2.05) is 6.07 Å². The molecule has 3 nitrogen and oxygen atoms in total. The van der Waals surface area contributed by atoms with E-state index in [-0.39, 0.29) is 5.69 Å². The Labute approximate surface area is 97.8 Å². The summed E-state index contributed by atoms with van der Waals surface area (Å²) in [6.07, 6.45) is 0.379. The van der Waals surface area contributed by atoms with Crippen LogP contribution in [0.15, 0.2) is 18.2 Å². The molecule has 16 heavy (non-hydrogen) atoms. The lowest BCUT2D eigenvalue weighted by Crippen LogP contribution is -2.21. The number of hydrogen-bond donors (Lipinski definition) is 1. The molecule has 1 unspecified atom stereocenters. The molecule has 1 atom stereocenters. The molecule has 1 aromatic carbocycles. The van der Waals surface area contributed by atoms with E-state index in [4.69, 9.17) is 16.9 Å². The average Bonchev–Trinajstić information content (AvgIpc) is 2.25. The molecule has 84 valence electrons. The summed E-state index contributed by atoms with van der Waals surface area (Å²) in [5.41, 5.74) is -0.00815. The molecule has 0 saturated heterocycles. The minimum Gasteiger partial charge on any atom is -0.322 e. The van der Waals surface area contributed by atoms with Crippen LogP contribution in [0.4, 0.5) is 10.1 Å². The van der Waals surface area contributed by atoms with E-state index in [0.29, 0.717) is 11.4 Å². The van der Waals surface area contributed by atoms with Gasteiger partial charge in [-0.1, -0.05) is 18.5 Å². The molecule has 0 radical (unpaired) electrons. The molecular formula is C11H10ClFN2O. The van der Waals surface area contributed by atoms with Gasteiger partial charge in [0.15, 0.2) is 0 Å². The van der Waals surface area contributed by atoms with Crippen LogP contribution in [0.25, 0.3) is 0 Å². The molecule has 0 aliphatic rings. The molecule has 1 amide bonds. The Morgan fingerprint density at radius 2 is 2.38 bits per heavy atom. The van der Waals surface area contributed by atoms with Gasteiger partial charge in [0.1, 0.15) is 11.7 Å². The molecule has 0 heterocycles. The van der Waals surface area contributed by atoms with Crippen LogP contribution in [0.3, 0.4) is 0 Å². The molecule has 1 rings (SSSR count). The second kappa shape index (κ2) is 5.47. The predicted octanol–water partition coefficient (Wildman–Crippen LogP) is 2.97. The van der Waals surface area contributed by atoms with E-state index in [1.54, 1.807) is 6.92 Å². The Morgan fingerprint density at radius 3 is 2.94 bits per heavy atom. The van der Waals surface area contributed by atoms with Gasteiger partial charge in [0.25, 0.3) is 0 Å². The molecule has 0 bridgehead atoms. The number of nitrogens with zero attached hydrogens (tertiary/aromatic N) is 1. The maximum Gasteiger partial charge on any atom is 0.241 e. The maximum atomic E-state index is 13.2. The van der Waals surface area contributed by atoms with E-state index < -0.39 is 17.6 Å². The summed E-state index contributed by atoms with van der Waals surface area (Å²) in [5, 5.41) is 11.3. The summed E-state index contributed by atoms with van der Waals surface area (Å²) in [6, 6.07) is 5.68. The molecular weight excluding hydrogens is 231 g/mol. The Hall–Kier alpha value is -1.60. The summed E-state index contributed by atoms with van der Waals surface area (Å²) in [6.45, 7) is 1.71. The van der Waals surface area contributed by atoms with Crippen molar-refractivity contribution in [2.24, 2.45) is 5.92 Å². The van der Waals surface area contributed by atoms with Gasteiger partial charge in [-0.15, -0.1) is 0 Å². The number of nitriles is 1. The fourth-order valence-electron chi connectivity index (χ4n) is 1.15. The molecule has 0 aliphatic carbocycles. The van der Waals surface area contributed by atoms with Crippen LogP contribution >= 0.6 is 11.6 Å². The predicted molar refractivity (Wildman–Crippen MR) is 59.4 cm³/mol. The third-order valence-electron chi connectivity index (χ3n) is 2.07. The zero-order chi connectivity index (χ0) is 12.1. The van der Waals surface area contributed by atoms with Crippen molar-refractivity contribution in [1.29, 1.82) is 5.26 Å². The van der Waals surface area contributed by atoms with E-state index >= 15 is 0 Å². The Balaban J connectivity index is 2.85. The first-order chi connectivity index (χ1) is 7.58. The van der Waals surface area contributed by atoms with E-state index in [1.165, 1.54) is 12.1 Å². The molecule has 1 aromatic rings. The van der Waals surface area contributed by atoms with Crippen molar-refractivity contribution in [3.8, 4) is 6.07 Å². The second-order valence-electron chi connectivity index (χ2n) is 3.20. The zero-order valence-corrected chi connectivity index (χ0v) is 9.38. The summed E-state index contributed by atoms with van der Waals surface area (Å²) >= 11 is 5.66. The van der Waals surface area contributed by atoms with Gasteiger partial charge < -0.3 is 5.32 Å². The number of rotatable bonds is 3. The standard InChI is InChI=1S/C11H10ClFN2O/c1-2-7(6-14)11(16)15-10-5-8(12)3-4-9(10)13/h3-5,7H,2H2,1H3,(H,15,16). The van der Waals surface area contributed by atoms with Crippen LogP contribution in [0.2, 0.25) is 5.02 Å². The summed E-state index contributed by atoms with van der Waals surface area (Å²) in [4.78, 5) is 11.5. The van der Waals surface area contributed by atoms with Gasteiger partial charge >= 0.3 is 0 Å². The fraction of sp³-hybridized carbons (Fsp3) is 0.273. The summed E-state index contributed by atoms with van der Waals surface area (Å²) in [5.74, 6) is -1.88. The van der Waals surface area contributed by atoms with Gasteiger partial charge in [-0.25, -0.2) is 4.39 Å². The van der Waals surface area contributed by atoms with Crippen molar-refractivity contribution in [3.05, 3.63) is 29.0 Å². The van der Waals surface area contributed by atoms with Crippen molar-refractivity contribution in [1.82, 2.24) is 0 Å². The number of carbonyl (C=O) groups is 1. The number of nitrogens with one attached hydrogen (secondary N) is 1. The smallest absolute Gasteiger partial charge is 0.241 e. The first-order valence-corrected chi connectivity index (χ1v) is 5.11. The van der Waals surface area contributed by atoms with Gasteiger partial charge in [-0.3, -0.25) is 4.79 Å². The largest absolute Gasteiger partial charge is 0.322 e. The summed E-state index contributed by atoms with van der Waals surface area (Å²) in [7, 11) is 0. The SMILES string of the molecule is CCC(C#N)C(=O)Nc1cc(Cl)ccc1F. The zero-order valence-electron chi connectivity index (χ0n) is 8.63. The molecule has 0 aliphatic heterocycles. The van der Waals surface area contributed by atoms with Crippen LogP contribution in [-0.4, -0.2) is 5.91 Å². The summed E-state index contributed by atoms with van der Waals surface area (Å²) < 4.78 is 13.2. The first kappa shape index (κ1) is 12.5. The highest BCUT2D eigenvalue weighted by molar-refractivity contribution is 6.30. The molecule has 0 saturated carbocycles. The van der Waals surface area contributed by atoms with Gasteiger partial charge in [-0.2, -0.15) is 5.26 Å². The van der Waals surface area contributed by atoms with Crippen LogP contribution in [0.5, 0.6) is 0 Å². The Morgan fingerprint density at radius 1 is 1.69 bits per heavy atom. The quantitative estimate of drug-likeness (QED) is 0.883. The van der Waals surface area contributed by atoms with Crippen molar-refractivity contribution in [2.75, 3.05) is 5.32 Å². The lowest BCUT2D eigenvalue weighted by atomic mass is 10.1. The third-order valence-corrected chi connectivity index (χ3v) is 2.30. The molecule has 0 spiro atoms. The van der Waals surface area contributed by atoms with E-state index in [0.717, 1.165) is 6.07 Å². The van der Waals surface area contributed by atoms with E-state index in [2.05, 4.69) is 5.32 Å². The van der Waals surface area contributed by atoms with Gasteiger partial charge in [0.2, 0.25) is 5.91 Å². The lowest BCUT2D eigenvalue weighted by molar-refractivity contribution is -0.118. The Kier molecular flexibility index (Phi) is 4.27. The number of halogens is 2. The average molecular weight is 241 g/mol.